The average Bonchev–Trinajstić information content (AvgIpc) is 2.86. The van der Waals surface area contributed by atoms with E-state index >= 15 is 0 Å². The highest BCUT2D eigenvalue weighted by Crippen LogP contribution is 2.29. The van der Waals surface area contributed by atoms with Gasteiger partial charge in [0.05, 0.1) is 15.2 Å². The lowest BCUT2D eigenvalue weighted by atomic mass is 10.3. The quantitative estimate of drug-likeness (QED) is 0.774. The van der Waals surface area contributed by atoms with Gasteiger partial charge in [0, 0.05) is 32.5 Å². The summed E-state index contributed by atoms with van der Waals surface area (Å²) >= 11 is 5.61. The van der Waals surface area contributed by atoms with Gasteiger partial charge in [-0.05, 0) is 18.2 Å². The zero-order chi connectivity index (χ0) is 17.7. The molecule has 130 valence electrons. The molecule has 3 rings (SSSR count). The van der Waals surface area contributed by atoms with Crippen LogP contribution in [0.3, 0.4) is 0 Å². The number of nitrogens with zero attached hydrogens (tertiary/aromatic N) is 3. The summed E-state index contributed by atoms with van der Waals surface area (Å²) in [5.74, 6) is -0.727. The number of rotatable bonds is 4. The molecule has 2 heterocycles. The Morgan fingerprint density at radius 1 is 1.25 bits per heavy atom. The summed E-state index contributed by atoms with van der Waals surface area (Å²) in [4.78, 5) is 3.63. The normalized spacial score (nSPS) is 17.0. The number of benzene rings is 1. The van der Waals surface area contributed by atoms with E-state index in [1.165, 1.54) is 17.0 Å². The first-order valence-corrected chi connectivity index (χ1v) is 10.2. The monoisotopic (exact) mass is 393 g/mol. The van der Waals surface area contributed by atoms with Gasteiger partial charge in [-0.25, -0.2) is 26.2 Å². The molecule has 1 aliphatic heterocycles. The van der Waals surface area contributed by atoms with Crippen LogP contribution in [0, 0.1) is 5.82 Å². The molecule has 0 amide bonds. The Hall–Kier alpha value is -1.49. The molecule has 0 N–H and O–H groups in total. The summed E-state index contributed by atoms with van der Waals surface area (Å²) in [5, 5.41) is -1.28. The van der Waals surface area contributed by atoms with Crippen molar-refractivity contribution in [1.82, 2.24) is 13.9 Å². The Kier molecular flexibility index (Phi) is 4.19. The van der Waals surface area contributed by atoms with Crippen molar-refractivity contribution in [2.24, 2.45) is 7.05 Å². The number of imidazole rings is 1. The lowest BCUT2D eigenvalue weighted by Crippen LogP contribution is -2.56. The predicted octanol–water partition coefficient (Wildman–Crippen LogP) is 1.06. The standard InChI is InChI=1S/C13H13ClFN3O4S2/c1-17-5-4-16-13(17)23(19,20)10-7-18(8-10)24(21,22)9-2-3-12(15)11(14)6-9/h2-6,10H,7-8H2,1H3. The van der Waals surface area contributed by atoms with Gasteiger partial charge in [0.1, 0.15) is 5.82 Å². The highest BCUT2D eigenvalue weighted by Gasteiger charge is 2.45. The first-order valence-electron chi connectivity index (χ1n) is 6.80. The van der Waals surface area contributed by atoms with E-state index in [-0.39, 0.29) is 28.2 Å². The van der Waals surface area contributed by atoms with Crippen LogP contribution in [0.4, 0.5) is 4.39 Å². The van der Waals surface area contributed by atoms with Gasteiger partial charge in [-0.15, -0.1) is 0 Å². The first-order chi connectivity index (χ1) is 11.1. The highest BCUT2D eigenvalue weighted by molar-refractivity contribution is 7.92. The summed E-state index contributed by atoms with van der Waals surface area (Å²) in [6, 6.07) is 3.06. The molecule has 0 radical (unpaired) electrons. The number of hydrogen-bond acceptors (Lipinski definition) is 5. The lowest BCUT2D eigenvalue weighted by molar-refractivity contribution is 0.308. The topological polar surface area (TPSA) is 89.3 Å². The third-order valence-corrected chi connectivity index (χ3v) is 8.01. The third-order valence-electron chi connectivity index (χ3n) is 3.81. The SMILES string of the molecule is Cn1ccnc1S(=O)(=O)C1CN(S(=O)(=O)c2ccc(F)c(Cl)c2)C1. The van der Waals surface area contributed by atoms with E-state index in [0.29, 0.717) is 0 Å². The van der Waals surface area contributed by atoms with E-state index in [4.69, 9.17) is 11.6 Å². The van der Waals surface area contributed by atoms with Crippen molar-refractivity contribution in [1.29, 1.82) is 0 Å². The number of aromatic nitrogens is 2. The molecule has 1 aliphatic rings. The summed E-state index contributed by atoms with van der Waals surface area (Å²) in [5.41, 5.74) is 0. The highest BCUT2D eigenvalue weighted by atomic mass is 35.5. The zero-order valence-corrected chi connectivity index (χ0v) is 14.8. The minimum Gasteiger partial charge on any atom is -0.325 e. The fourth-order valence-corrected chi connectivity index (χ4v) is 6.07. The van der Waals surface area contributed by atoms with Crippen molar-refractivity contribution in [3.05, 3.63) is 41.4 Å². The smallest absolute Gasteiger partial charge is 0.243 e. The minimum atomic E-state index is -3.92. The van der Waals surface area contributed by atoms with Crippen LogP contribution in [0.1, 0.15) is 0 Å². The van der Waals surface area contributed by atoms with E-state index in [2.05, 4.69) is 4.98 Å². The van der Waals surface area contributed by atoms with Crippen LogP contribution in [-0.4, -0.2) is 49.0 Å². The molecule has 7 nitrogen and oxygen atoms in total. The van der Waals surface area contributed by atoms with Crippen LogP contribution in [0.5, 0.6) is 0 Å². The average molecular weight is 394 g/mol. The van der Waals surface area contributed by atoms with Gasteiger partial charge in [0.25, 0.3) is 0 Å². The Morgan fingerprint density at radius 2 is 1.92 bits per heavy atom. The number of hydrogen-bond donors (Lipinski definition) is 0. The second-order valence-electron chi connectivity index (χ2n) is 5.39. The van der Waals surface area contributed by atoms with Gasteiger partial charge in [-0.3, -0.25) is 0 Å². The molecule has 2 aromatic rings. The van der Waals surface area contributed by atoms with Gasteiger partial charge in [-0.1, -0.05) is 11.6 Å². The molecule has 0 unspecified atom stereocenters. The Labute approximate surface area is 143 Å². The molecule has 1 aromatic carbocycles. The minimum absolute atomic E-state index is 0.102. The van der Waals surface area contributed by atoms with Crippen LogP contribution < -0.4 is 0 Å². The number of halogens is 2. The maximum atomic E-state index is 13.2. The first kappa shape index (κ1) is 17.3. The second-order valence-corrected chi connectivity index (χ2v) is 9.85. The fourth-order valence-electron chi connectivity index (χ4n) is 2.35. The van der Waals surface area contributed by atoms with Crippen LogP contribution >= 0.6 is 11.6 Å². The van der Waals surface area contributed by atoms with Crippen molar-refractivity contribution < 1.29 is 21.2 Å². The van der Waals surface area contributed by atoms with E-state index in [1.807, 2.05) is 0 Å². The fraction of sp³-hybridized carbons (Fsp3) is 0.308. The van der Waals surface area contributed by atoms with Crippen LogP contribution in [0.25, 0.3) is 0 Å². The third kappa shape index (κ3) is 2.73. The van der Waals surface area contributed by atoms with Gasteiger partial charge >= 0.3 is 0 Å². The summed E-state index contributed by atoms with van der Waals surface area (Å²) in [6.45, 7) is -0.376. The van der Waals surface area contributed by atoms with E-state index in [1.54, 1.807) is 7.05 Å². The van der Waals surface area contributed by atoms with Crippen molar-refractivity contribution in [2.45, 2.75) is 15.3 Å². The second kappa shape index (κ2) is 5.80. The molecule has 0 aliphatic carbocycles. The molecular weight excluding hydrogens is 381 g/mol. The molecule has 0 atom stereocenters. The van der Waals surface area contributed by atoms with Crippen LogP contribution in [0.2, 0.25) is 5.02 Å². The number of sulfonamides is 1. The Morgan fingerprint density at radius 3 is 2.46 bits per heavy atom. The molecule has 24 heavy (non-hydrogen) atoms. The molecule has 1 fully saturated rings. The van der Waals surface area contributed by atoms with Crippen molar-refractivity contribution in [3.8, 4) is 0 Å². The molecule has 11 heteroatoms. The number of aryl methyl sites for hydroxylation is 1. The summed E-state index contributed by atoms with van der Waals surface area (Å²) in [7, 11) is -6.09. The van der Waals surface area contributed by atoms with Gasteiger partial charge in [0.15, 0.2) is 0 Å². The lowest BCUT2D eigenvalue weighted by Gasteiger charge is -2.37. The van der Waals surface area contributed by atoms with Crippen molar-refractivity contribution in [2.75, 3.05) is 13.1 Å². The van der Waals surface area contributed by atoms with Gasteiger partial charge in [-0.2, -0.15) is 4.31 Å². The Bertz CT molecular complexity index is 998. The maximum Gasteiger partial charge on any atom is 0.243 e. The van der Waals surface area contributed by atoms with Crippen molar-refractivity contribution >= 4 is 31.5 Å². The number of sulfone groups is 1. The molecule has 1 saturated heterocycles. The van der Waals surface area contributed by atoms with E-state index < -0.39 is 30.9 Å². The molecule has 0 spiro atoms. The van der Waals surface area contributed by atoms with E-state index in [9.17, 15) is 21.2 Å². The molecule has 1 aromatic heterocycles. The van der Waals surface area contributed by atoms with Crippen LogP contribution in [-0.2, 0) is 26.9 Å². The van der Waals surface area contributed by atoms with Gasteiger partial charge < -0.3 is 4.57 Å². The summed E-state index contributed by atoms with van der Waals surface area (Å²) in [6.07, 6.45) is 2.86. The van der Waals surface area contributed by atoms with Crippen molar-refractivity contribution in [3.63, 3.8) is 0 Å². The Balaban J connectivity index is 1.81. The molecule has 0 saturated carbocycles. The molecule has 0 bridgehead atoms. The zero-order valence-electron chi connectivity index (χ0n) is 12.4. The molecular formula is C13H13ClFN3O4S2. The largest absolute Gasteiger partial charge is 0.325 e. The predicted molar refractivity (Wildman–Crippen MR) is 84.4 cm³/mol. The summed E-state index contributed by atoms with van der Waals surface area (Å²) < 4.78 is 65.3. The van der Waals surface area contributed by atoms with E-state index in [0.717, 1.165) is 22.5 Å². The maximum absolute atomic E-state index is 13.2. The van der Waals surface area contributed by atoms with Gasteiger partial charge in [0.2, 0.25) is 25.0 Å². The van der Waals surface area contributed by atoms with Crippen LogP contribution in [0.15, 0.2) is 40.6 Å².